The van der Waals surface area contributed by atoms with Crippen molar-refractivity contribution in [3.8, 4) is 0 Å². The van der Waals surface area contributed by atoms with Crippen LogP contribution in [0.3, 0.4) is 0 Å². The van der Waals surface area contributed by atoms with Gasteiger partial charge in [0.25, 0.3) is 0 Å². The molecule has 29 heavy (non-hydrogen) atoms. The molecule has 0 aliphatic rings. The van der Waals surface area contributed by atoms with Crippen LogP contribution in [0.1, 0.15) is 0 Å². The van der Waals surface area contributed by atoms with Gasteiger partial charge in [-0.15, -0.1) is 0 Å². The third-order valence-corrected chi connectivity index (χ3v) is 3.02. The molecule has 0 bridgehead atoms. The van der Waals surface area contributed by atoms with Gasteiger partial charge in [-0.25, -0.2) is 9.59 Å². The fourth-order valence-electron chi connectivity index (χ4n) is 1.34. The molecule has 0 aromatic carbocycles. The second-order valence-electron chi connectivity index (χ2n) is 5.03. The second-order valence-corrected chi connectivity index (χ2v) is 5.03. The van der Waals surface area contributed by atoms with Crippen molar-refractivity contribution in [1.29, 1.82) is 0 Å². The van der Waals surface area contributed by atoms with Gasteiger partial charge in [-0.05, 0) is 0 Å². The molecule has 0 aliphatic heterocycles. The molecule has 17 heteroatoms. The summed E-state index contributed by atoms with van der Waals surface area (Å²) in [6.07, 6.45) is -15.7. The molecule has 0 radical (unpaired) electrons. The smallest absolute Gasteiger partial charge is 0.335 e. The molecule has 0 aromatic heterocycles. The van der Waals surface area contributed by atoms with Crippen LogP contribution in [0, 0.1) is 0 Å². The van der Waals surface area contributed by atoms with Crippen molar-refractivity contribution in [2.75, 3.05) is 13.2 Å². The number of hydrogen-bond acceptors (Lipinski definition) is 12. The van der Waals surface area contributed by atoms with E-state index in [2.05, 4.69) is 0 Å². The van der Waals surface area contributed by atoms with Crippen LogP contribution in [0.2, 0.25) is 0 Å². The topological polar surface area (TPSA) is 340 Å². The Kier molecular flexibility index (Phi) is 25.2. The molecule has 0 saturated heterocycles. The fourth-order valence-corrected chi connectivity index (χ4v) is 1.34. The quantitative estimate of drug-likeness (QED) is 0.128. The van der Waals surface area contributed by atoms with Crippen LogP contribution in [0.25, 0.3) is 0 Å². The normalized spacial score (nSPS) is 18.3. The molecule has 0 aromatic rings. The van der Waals surface area contributed by atoms with E-state index < -0.39 is 74.0 Å². The van der Waals surface area contributed by atoms with Gasteiger partial charge < -0.3 is 72.2 Å². The van der Waals surface area contributed by atoms with Crippen molar-refractivity contribution in [1.82, 2.24) is 0 Å². The maximum absolute atomic E-state index is 10.1. The summed E-state index contributed by atoms with van der Waals surface area (Å²) < 4.78 is 0. The summed E-state index contributed by atoms with van der Waals surface area (Å²) >= 11 is 0. The number of aliphatic carboxylic acids is 2. The van der Waals surface area contributed by atoms with Crippen molar-refractivity contribution >= 4 is 11.9 Å². The predicted molar refractivity (Wildman–Crippen MR) is 84.7 cm³/mol. The van der Waals surface area contributed by atoms with E-state index in [0.717, 1.165) is 0 Å². The zero-order chi connectivity index (χ0) is 21.2. The summed E-state index contributed by atoms with van der Waals surface area (Å²) in [7, 11) is 0. The van der Waals surface area contributed by atoms with E-state index in [1.165, 1.54) is 0 Å². The summed E-state index contributed by atoms with van der Waals surface area (Å²) in [5.74, 6) is -3.45. The molecule has 0 rings (SSSR count). The van der Waals surface area contributed by atoms with E-state index in [9.17, 15) is 9.59 Å². The number of aliphatic hydroxyl groups excluding tert-OH is 10. The first kappa shape index (κ1) is 38.6. The number of carbonyl (C=O) groups is 2. The van der Waals surface area contributed by atoms with Crippen LogP contribution in [0.4, 0.5) is 0 Å². The van der Waals surface area contributed by atoms with E-state index >= 15 is 0 Å². The number of aliphatic hydroxyl groups is 10. The Morgan fingerprint density at radius 2 is 0.759 bits per heavy atom. The summed E-state index contributed by atoms with van der Waals surface area (Å²) in [6.45, 7) is -1.69. The largest absolute Gasteiger partial charge is 0.479 e. The first-order valence-corrected chi connectivity index (χ1v) is 6.95. The SMILES string of the molecule is O.O.O=C(O)[C@H](O)[C@H](O)[C@@H](O)[C@@H](O)CO.O=C(O)[C@H](O)[C@H](O)[C@@H](O)[C@@H](O)CO.[Fe]. The third-order valence-electron chi connectivity index (χ3n) is 3.02. The Balaban J connectivity index is -0.000000120. The minimum Gasteiger partial charge on any atom is -0.479 e. The zero-order valence-corrected chi connectivity index (χ0v) is 15.7. The van der Waals surface area contributed by atoms with Crippen LogP contribution >= 0.6 is 0 Å². The van der Waals surface area contributed by atoms with E-state index in [4.69, 9.17) is 61.3 Å². The molecule has 0 heterocycles. The van der Waals surface area contributed by atoms with Gasteiger partial charge in [0.15, 0.2) is 12.2 Å². The van der Waals surface area contributed by atoms with Gasteiger partial charge in [0.2, 0.25) is 0 Å². The summed E-state index contributed by atoms with van der Waals surface area (Å²) in [4.78, 5) is 20.2. The molecule has 8 atom stereocenters. The van der Waals surface area contributed by atoms with Gasteiger partial charge in [-0.1, -0.05) is 0 Å². The average molecular weight is 484 g/mol. The molecule has 16 N–H and O–H groups in total. The van der Waals surface area contributed by atoms with E-state index in [-0.39, 0.29) is 28.0 Å². The monoisotopic (exact) mass is 484 g/mol. The van der Waals surface area contributed by atoms with E-state index in [0.29, 0.717) is 0 Å². The van der Waals surface area contributed by atoms with Gasteiger partial charge in [-0.2, -0.15) is 0 Å². The standard InChI is InChI=1S/2C6H12O7.Fe.2H2O/c2*7-1-2(8)3(9)4(10)5(11)6(12)13;;;/h2*2-5,7-11H,1H2,(H,12,13);;2*1H2/t2*2-,3-,4+,5+;;;/m00.../s1. The molecule has 0 aliphatic carbocycles. The molecule has 0 fully saturated rings. The van der Waals surface area contributed by atoms with Crippen molar-refractivity contribution < 1.29 is 98.9 Å². The zero-order valence-electron chi connectivity index (χ0n) is 14.6. The summed E-state index contributed by atoms with van der Waals surface area (Å²) in [5.41, 5.74) is 0. The molecule has 16 nitrogen and oxygen atoms in total. The Bertz CT molecular complexity index is 387. The number of rotatable bonds is 10. The minimum absolute atomic E-state index is 0. The summed E-state index contributed by atoms with van der Waals surface area (Å²) in [6, 6.07) is 0. The fraction of sp³-hybridized carbons (Fsp3) is 0.833. The van der Waals surface area contributed by atoms with Crippen molar-refractivity contribution in [3.63, 3.8) is 0 Å². The minimum atomic E-state index is -2.20. The molecular formula is C12H28FeO16. The van der Waals surface area contributed by atoms with Gasteiger partial charge >= 0.3 is 11.9 Å². The number of carboxylic acid groups (broad SMARTS) is 2. The van der Waals surface area contributed by atoms with Crippen LogP contribution in [-0.2, 0) is 26.7 Å². The van der Waals surface area contributed by atoms with E-state index in [1.807, 2.05) is 0 Å². The molecular weight excluding hydrogens is 456 g/mol. The summed E-state index contributed by atoms with van der Waals surface area (Å²) in [5, 5.41) is 104. The maximum Gasteiger partial charge on any atom is 0.335 e. The Labute approximate surface area is 173 Å². The molecule has 180 valence electrons. The van der Waals surface area contributed by atoms with Gasteiger partial charge in [0.1, 0.15) is 36.6 Å². The van der Waals surface area contributed by atoms with Gasteiger partial charge in [-0.3, -0.25) is 0 Å². The van der Waals surface area contributed by atoms with Crippen LogP contribution in [0.5, 0.6) is 0 Å². The molecule has 0 amide bonds. The third kappa shape index (κ3) is 13.8. The number of carboxylic acids is 2. The first-order chi connectivity index (χ1) is 11.8. The molecule has 0 saturated carbocycles. The van der Waals surface area contributed by atoms with Gasteiger partial charge in [0, 0.05) is 17.1 Å². The van der Waals surface area contributed by atoms with Crippen LogP contribution in [-0.4, -0.2) is 146 Å². The van der Waals surface area contributed by atoms with Gasteiger partial charge in [0.05, 0.1) is 13.2 Å². The maximum atomic E-state index is 10.1. The van der Waals surface area contributed by atoms with Crippen LogP contribution < -0.4 is 0 Å². The van der Waals surface area contributed by atoms with Crippen molar-refractivity contribution in [2.45, 2.75) is 48.8 Å². The van der Waals surface area contributed by atoms with Crippen LogP contribution in [0.15, 0.2) is 0 Å². The second kappa shape index (κ2) is 19.0. The molecule has 0 spiro atoms. The predicted octanol–water partition coefficient (Wildman–Crippen LogP) is -8.64. The van der Waals surface area contributed by atoms with E-state index in [1.54, 1.807) is 0 Å². The van der Waals surface area contributed by atoms with Crippen molar-refractivity contribution in [3.05, 3.63) is 0 Å². The van der Waals surface area contributed by atoms with Crippen molar-refractivity contribution in [2.24, 2.45) is 0 Å². The Hall–Kier alpha value is -1.02. The molecule has 0 unspecified atom stereocenters. The average Bonchev–Trinajstić information content (AvgIpc) is 2.62. The Morgan fingerprint density at radius 3 is 0.897 bits per heavy atom. The number of hydrogen-bond donors (Lipinski definition) is 12. The first-order valence-electron chi connectivity index (χ1n) is 6.95. The Morgan fingerprint density at radius 1 is 0.552 bits per heavy atom.